The number of benzene rings is 1. The third-order valence-electron chi connectivity index (χ3n) is 6.74. The highest BCUT2D eigenvalue weighted by Gasteiger charge is 2.26. The Morgan fingerprint density at radius 1 is 0.857 bits per heavy atom. The highest BCUT2D eigenvalue weighted by molar-refractivity contribution is 5.94. The predicted octanol–water partition coefficient (Wildman–Crippen LogP) is 2.46. The van der Waals surface area contributed by atoms with Crippen molar-refractivity contribution in [2.75, 3.05) is 63.3 Å². The standard InChI is InChI=1S/C25H31N7O3/c1-29-21(15-20(28-29)19-14-18(34-2)6-7-22(19)35-3)25(33)32-12-10-31(11-13-32)24-16-23(26-17-27-24)30-8-4-5-9-30/h6-7,14-17H,4-5,8-13H2,1-3H3. The number of anilines is 2. The lowest BCUT2D eigenvalue weighted by Gasteiger charge is -2.35. The monoisotopic (exact) mass is 477 g/mol. The first-order chi connectivity index (χ1) is 17.1. The minimum Gasteiger partial charge on any atom is -0.497 e. The van der Waals surface area contributed by atoms with Gasteiger partial charge >= 0.3 is 0 Å². The van der Waals surface area contributed by atoms with Gasteiger partial charge in [-0.25, -0.2) is 9.97 Å². The molecule has 3 aromatic rings. The lowest BCUT2D eigenvalue weighted by Crippen LogP contribution is -2.49. The topological polar surface area (TPSA) is 88.9 Å². The van der Waals surface area contributed by atoms with Gasteiger partial charge in [0.2, 0.25) is 0 Å². The first kappa shape index (κ1) is 22.9. The Morgan fingerprint density at radius 2 is 1.54 bits per heavy atom. The number of rotatable bonds is 6. The van der Waals surface area contributed by atoms with Crippen molar-refractivity contribution in [3.8, 4) is 22.8 Å². The van der Waals surface area contributed by atoms with Crippen molar-refractivity contribution in [2.24, 2.45) is 7.05 Å². The summed E-state index contributed by atoms with van der Waals surface area (Å²) < 4.78 is 12.5. The van der Waals surface area contributed by atoms with Gasteiger partial charge in [0, 0.05) is 57.9 Å². The maximum Gasteiger partial charge on any atom is 0.272 e. The van der Waals surface area contributed by atoms with Gasteiger partial charge in [0.25, 0.3) is 5.91 Å². The fourth-order valence-electron chi connectivity index (χ4n) is 4.74. The Kier molecular flexibility index (Phi) is 6.43. The van der Waals surface area contributed by atoms with Crippen LogP contribution in [-0.4, -0.2) is 84.0 Å². The van der Waals surface area contributed by atoms with Gasteiger partial charge in [0.05, 0.1) is 19.9 Å². The first-order valence-electron chi connectivity index (χ1n) is 11.9. The molecule has 0 N–H and O–H groups in total. The molecule has 2 saturated heterocycles. The van der Waals surface area contributed by atoms with Crippen molar-refractivity contribution in [3.05, 3.63) is 42.4 Å². The molecule has 10 heteroatoms. The first-order valence-corrected chi connectivity index (χ1v) is 11.9. The molecule has 0 unspecified atom stereocenters. The van der Waals surface area contributed by atoms with Gasteiger partial charge < -0.3 is 24.2 Å². The third kappa shape index (κ3) is 4.60. The number of ether oxygens (including phenoxy) is 2. The van der Waals surface area contributed by atoms with Gasteiger partial charge in [0.15, 0.2) is 0 Å². The van der Waals surface area contributed by atoms with Crippen LogP contribution in [0.3, 0.4) is 0 Å². The Morgan fingerprint density at radius 3 is 2.20 bits per heavy atom. The molecule has 5 rings (SSSR count). The molecule has 0 aliphatic carbocycles. The van der Waals surface area contributed by atoms with Crippen molar-refractivity contribution in [1.82, 2.24) is 24.6 Å². The van der Waals surface area contributed by atoms with Gasteiger partial charge in [-0.15, -0.1) is 0 Å². The number of aromatic nitrogens is 4. The second kappa shape index (κ2) is 9.81. The van der Waals surface area contributed by atoms with Gasteiger partial charge in [0.1, 0.15) is 35.2 Å². The number of carbonyl (C=O) groups excluding carboxylic acids is 1. The van der Waals surface area contributed by atoms with Crippen LogP contribution in [0.15, 0.2) is 36.7 Å². The van der Waals surface area contributed by atoms with Crippen molar-refractivity contribution in [2.45, 2.75) is 12.8 Å². The second-order valence-electron chi connectivity index (χ2n) is 8.81. The third-order valence-corrected chi connectivity index (χ3v) is 6.74. The zero-order valence-corrected chi connectivity index (χ0v) is 20.5. The van der Waals surface area contributed by atoms with E-state index in [1.807, 2.05) is 29.2 Å². The zero-order chi connectivity index (χ0) is 24.4. The number of aryl methyl sites for hydroxylation is 1. The number of hydrogen-bond donors (Lipinski definition) is 0. The van der Waals surface area contributed by atoms with Gasteiger partial charge in [-0.3, -0.25) is 9.48 Å². The van der Waals surface area contributed by atoms with E-state index in [0.29, 0.717) is 36.0 Å². The van der Waals surface area contributed by atoms with Crippen LogP contribution in [0.25, 0.3) is 11.3 Å². The summed E-state index contributed by atoms with van der Waals surface area (Å²) in [4.78, 5) is 28.7. The van der Waals surface area contributed by atoms with E-state index in [2.05, 4.69) is 30.9 Å². The average molecular weight is 478 g/mol. The molecule has 0 spiro atoms. The van der Waals surface area contributed by atoms with E-state index in [9.17, 15) is 4.79 Å². The van der Waals surface area contributed by atoms with Crippen LogP contribution in [0.1, 0.15) is 23.3 Å². The molecule has 4 heterocycles. The number of piperazine rings is 1. The van der Waals surface area contributed by atoms with E-state index in [-0.39, 0.29) is 5.91 Å². The number of methoxy groups -OCH3 is 2. The molecule has 0 atom stereocenters. The van der Waals surface area contributed by atoms with Crippen LogP contribution in [-0.2, 0) is 7.05 Å². The summed E-state index contributed by atoms with van der Waals surface area (Å²) in [5.41, 5.74) is 1.99. The van der Waals surface area contributed by atoms with Crippen LogP contribution >= 0.6 is 0 Å². The van der Waals surface area contributed by atoms with E-state index in [1.165, 1.54) is 12.8 Å². The maximum atomic E-state index is 13.4. The van der Waals surface area contributed by atoms with Crippen molar-refractivity contribution >= 4 is 17.5 Å². The van der Waals surface area contributed by atoms with Crippen molar-refractivity contribution < 1.29 is 14.3 Å². The largest absolute Gasteiger partial charge is 0.497 e. The summed E-state index contributed by atoms with van der Waals surface area (Å²) >= 11 is 0. The fourth-order valence-corrected chi connectivity index (χ4v) is 4.74. The minimum atomic E-state index is -0.0341. The molecule has 1 amide bonds. The second-order valence-corrected chi connectivity index (χ2v) is 8.81. The van der Waals surface area contributed by atoms with E-state index in [4.69, 9.17) is 9.47 Å². The van der Waals surface area contributed by atoms with Crippen LogP contribution in [0.2, 0.25) is 0 Å². The zero-order valence-electron chi connectivity index (χ0n) is 20.5. The molecule has 2 aliphatic heterocycles. The lowest BCUT2D eigenvalue weighted by molar-refractivity contribution is 0.0735. The molecule has 0 radical (unpaired) electrons. The molecule has 2 aliphatic rings. The molecule has 0 saturated carbocycles. The molecular weight excluding hydrogens is 446 g/mol. The lowest BCUT2D eigenvalue weighted by atomic mass is 10.1. The molecule has 1 aromatic carbocycles. The van der Waals surface area contributed by atoms with Gasteiger partial charge in [-0.1, -0.05) is 0 Å². The van der Waals surface area contributed by atoms with Gasteiger partial charge in [-0.2, -0.15) is 5.10 Å². The van der Waals surface area contributed by atoms with E-state index >= 15 is 0 Å². The van der Waals surface area contributed by atoms with Crippen LogP contribution < -0.4 is 19.3 Å². The van der Waals surface area contributed by atoms with E-state index in [1.54, 1.807) is 32.3 Å². The summed E-state index contributed by atoms with van der Waals surface area (Å²) in [6.45, 7) is 4.77. The van der Waals surface area contributed by atoms with Crippen LogP contribution in [0, 0.1) is 0 Å². The summed E-state index contributed by atoms with van der Waals surface area (Å²) in [5, 5.41) is 4.59. The number of amides is 1. The Balaban J connectivity index is 1.28. The number of nitrogens with zero attached hydrogens (tertiary/aromatic N) is 7. The Bertz CT molecular complexity index is 1200. The van der Waals surface area contributed by atoms with E-state index in [0.717, 1.165) is 43.4 Å². The van der Waals surface area contributed by atoms with Gasteiger partial charge in [-0.05, 0) is 37.1 Å². The molecule has 35 heavy (non-hydrogen) atoms. The Hall–Kier alpha value is -3.82. The summed E-state index contributed by atoms with van der Waals surface area (Å²) in [6, 6.07) is 9.43. The molecule has 10 nitrogen and oxygen atoms in total. The smallest absolute Gasteiger partial charge is 0.272 e. The fraction of sp³-hybridized carbons (Fsp3) is 0.440. The normalized spacial score (nSPS) is 16.0. The number of carbonyl (C=O) groups is 1. The van der Waals surface area contributed by atoms with Crippen molar-refractivity contribution in [3.63, 3.8) is 0 Å². The molecular formula is C25H31N7O3. The quantitative estimate of drug-likeness (QED) is 0.535. The molecule has 0 bridgehead atoms. The summed E-state index contributed by atoms with van der Waals surface area (Å²) in [5.74, 6) is 3.25. The summed E-state index contributed by atoms with van der Waals surface area (Å²) in [6.07, 6.45) is 4.06. The minimum absolute atomic E-state index is 0.0341. The molecule has 2 aromatic heterocycles. The highest BCUT2D eigenvalue weighted by atomic mass is 16.5. The van der Waals surface area contributed by atoms with Crippen LogP contribution in [0.4, 0.5) is 11.6 Å². The number of hydrogen-bond acceptors (Lipinski definition) is 8. The predicted molar refractivity (Wildman–Crippen MR) is 133 cm³/mol. The van der Waals surface area contributed by atoms with E-state index < -0.39 is 0 Å². The molecule has 2 fully saturated rings. The summed E-state index contributed by atoms with van der Waals surface area (Å²) in [7, 11) is 5.03. The molecule has 184 valence electrons. The SMILES string of the molecule is COc1ccc(OC)c(-c2cc(C(=O)N3CCN(c4cc(N5CCCC5)ncn4)CC3)n(C)n2)c1. The average Bonchev–Trinajstić information content (AvgIpc) is 3.58. The highest BCUT2D eigenvalue weighted by Crippen LogP contribution is 2.33. The van der Waals surface area contributed by atoms with Crippen LogP contribution in [0.5, 0.6) is 11.5 Å². The maximum absolute atomic E-state index is 13.4. The van der Waals surface area contributed by atoms with Crippen molar-refractivity contribution in [1.29, 1.82) is 0 Å². The Labute approximate surface area is 205 Å².